The Morgan fingerprint density at radius 1 is 1.05 bits per heavy atom. The molecule has 1 unspecified atom stereocenters. The van der Waals surface area contributed by atoms with Gasteiger partial charge in [0, 0.05) is 40.8 Å². The minimum Gasteiger partial charge on any atom is -0.496 e. The monoisotopic (exact) mass is 903 g/mol. The minimum absolute atomic E-state index is 0.0221. The zero-order chi connectivity index (χ0) is 45.0. The van der Waals surface area contributed by atoms with Crippen LogP contribution >= 0.6 is 11.3 Å². The van der Waals surface area contributed by atoms with E-state index >= 15 is 0 Å². The highest BCUT2D eigenvalue weighted by molar-refractivity contribution is 7.90. The molecule has 4 aromatic rings. The number of nitrogens with one attached hydrogen (secondary N) is 2. The van der Waals surface area contributed by atoms with Crippen LogP contribution < -0.4 is 25.2 Å². The fourth-order valence-electron chi connectivity index (χ4n) is 8.50. The number of amides is 4. The van der Waals surface area contributed by atoms with Crippen LogP contribution in [-0.2, 0) is 24.4 Å². The van der Waals surface area contributed by atoms with E-state index in [0.29, 0.717) is 54.2 Å². The van der Waals surface area contributed by atoms with Crippen LogP contribution in [0.25, 0.3) is 21.6 Å². The van der Waals surface area contributed by atoms with Crippen LogP contribution in [-0.4, -0.2) is 89.2 Å². The molecule has 1 aromatic carbocycles. The van der Waals surface area contributed by atoms with E-state index in [0.717, 1.165) is 53.8 Å². The van der Waals surface area contributed by atoms with Crippen molar-refractivity contribution in [1.29, 1.82) is 0 Å². The molecule has 4 heterocycles. The van der Waals surface area contributed by atoms with Crippen molar-refractivity contribution >= 4 is 55.9 Å². The Labute approximate surface area is 371 Å². The number of thiazole rings is 1. The third-order valence-corrected chi connectivity index (χ3v) is 14.9. The van der Waals surface area contributed by atoms with E-state index in [1.165, 1.54) is 22.3 Å². The Bertz CT molecular complexity index is 2480. The standard InChI is InChI=1S/C45H57N7O9S2/c1-25(2)36-24-62-44(49-36)35-22-39(32-18-19-38(59-5)27(4)40(32)47-35)60-29-21-37(41(46)53)52(23-29)45(56)33(48-43(55)34-20-26(3)61-50-34)15-10-8-6-7-9-12-28-13-11-14-31(28)42(54)51-63(57,58)30-16-17-30/h9,12,18-20,22,24-25,28-31,33,37H,6-8,10-11,13-17,21,23H2,1-5H3,(H2,46,53)(H,48,55)(H,51,54)/b12-9-/t28-,29-,31?,33+,37+/m1/s1. The highest BCUT2D eigenvalue weighted by Crippen LogP contribution is 2.38. The summed E-state index contributed by atoms with van der Waals surface area (Å²) in [5, 5.41) is 9.70. The number of pyridine rings is 1. The molecule has 7 rings (SSSR count). The molecule has 1 saturated heterocycles. The summed E-state index contributed by atoms with van der Waals surface area (Å²) >= 11 is 1.49. The number of carbonyl (C=O) groups is 4. The van der Waals surface area contributed by atoms with Gasteiger partial charge in [0.15, 0.2) is 5.69 Å². The predicted molar refractivity (Wildman–Crippen MR) is 238 cm³/mol. The lowest BCUT2D eigenvalue weighted by Gasteiger charge is -2.27. The van der Waals surface area contributed by atoms with Crippen LogP contribution in [0, 0.1) is 25.7 Å². The van der Waals surface area contributed by atoms with Crippen molar-refractivity contribution in [3.63, 3.8) is 0 Å². The molecule has 5 atom stereocenters. The molecule has 16 nitrogen and oxygen atoms in total. The normalized spacial score (nSPS) is 20.7. The average Bonchev–Trinajstić information content (AvgIpc) is 3.59. The summed E-state index contributed by atoms with van der Waals surface area (Å²) in [6.07, 6.45) is 10.2. The van der Waals surface area contributed by atoms with E-state index in [2.05, 4.69) is 29.0 Å². The number of nitrogens with two attached hydrogens (primary N) is 1. The van der Waals surface area contributed by atoms with Crippen molar-refractivity contribution in [2.24, 2.45) is 17.6 Å². The number of allylic oxidation sites excluding steroid dienone is 2. The quantitative estimate of drug-likeness (QED) is 0.0701. The first-order valence-corrected chi connectivity index (χ1v) is 24.2. The van der Waals surface area contributed by atoms with Crippen LogP contribution in [0.2, 0.25) is 0 Å². The van der Waals surface area contributed by atoms with Gasteiger partial charge in [0.05, 0.1) is 30.1 Å². The largest absolute Gasteiger partial charge is 0.496 e. The van der Waals surface area contributed by atoms with Crippen molar-refractivity contribution < 1.29 is 41.6 Å². The number of unbranched alkanes of at least 4 members (excludes halogenated alkanes) is 3. The first-order valence-electron chi connectivity index (χ1n) is 21.8. The van der Waals surface area contributed by atoms with Gasteiger partial charge in [-0.15, -0.1) is 11.3 Å². The number of benzene rings is 1. The van der Waals surface area contributed by atoms with Gasteiger partial charge in [-0.05, 0) is 82.8 Å². The Morgan fingerprint density at radius 3 is 2.52 bits per heavy atom. The number of hydrogen-bond acceptors (Lipinski definition) is 13. The summed E-state index contributed by atoms with van der Waals surface area (Å²) in [6.45, 7) is 7.79. The lowest BCUT2D eigenvalue weighted by Crippen LogP contribution is -2.53. The number of carbonyl (C=O) groups excluding carboxylic acids is 4. The molecule has 338 valence electrons. The molecule has 0 radical (unpaired) electrons. The summed E-state index contributed by atoms with van der Waals surface area (Å²) in [5.41, 5.74) is 9.04. The zero-order valence-electron chi connectivity index (χ0n) is 36.4. The van der Waals surface area contributed by atoms with Crippen molar-refractivity contribution in [3.8, 4) is 22.2 Å². The molecular weight excluding hydrogens is 847 g/mol. The summed E-state index contributed by atoms with van der Waals surface area (Å²) < 4.78 is 44.4. The number of sulfonamides is 1. The van der Waals surface area contributed by atoms with Crippen molar-refractivity contribution in [2.45, 2.75) is 128 Å². The van der Waals surface area contributed by atoms with E-state index in [-0.39, 0.29) is 42.8 Å². The maximum atomic E-state index is 14.5. The molecule has 18 heteroatoms. The van der Waals surface area contributed by atoms with E-state index in [4.69, 9.17) is 29.7 Å². The van der Waals surface area contributed by atoms with Gasteiger partial charge in [-0.25, -0.2) is 18.4 Å². The molecular formula is C45H57N7O9S2. The van der Waals surface area contributed by atoms with E-state index in [9.17, 15) is 27.6 Å². The van der Waals surface area contributed by atoms with Gasteiger partial charge in [-0.2, -0.15) is 0 Å². The van der Waals surface area contributed by atoms with Gasteiger partial charge >= 0.3 is 0 Å². The molecule has 63 heavy (non-hydrogen) atoms. The van der Waals surface area contributed by atoms with Crippen LogP contribution in [0.1, 0.15) is 118 Å². The fraction of sp³-hybridized carbons (Fsp3) is 0.533. The van der Waals surface area contributed by atoms with Crippen LogP contribution in [0.15, 0.2) is 46.3 Å². The highest BCUT2D eigenvalue weighted by Gasteiger charge is 2.43. The number of methoxy groups -OCH3 is 1. The van der Waals surface area contributed by atoms with Gasteiger partial charge in [0.25, 0.3) is 5.91 Å². The van der Waals surface area contributed by atoms with Gasteiger partial charge < -0.3 is 29.9 Å². The van der Waals surface area contributed by atoms with E-state index < -0.39 is 57.1 Å². The average molecular weight is 904 g/mol. The zero-order valence-corrected chi connectivity index (χ0v) is 38.1. The number of likely N-dealkylation sites (tertiary alicyclic amines) is 1. The third-order valence-electron chi connectivity index (χ3n) is 12.2. The molecule has 3 fully saturated rings. The van der Waals surface area contributed by atoms with Crippen LogP contribution in [0.5, 0.6) is 11.5 Å². The van der Waals surface area contributed by atoms with Crippen molar-refractivity contribution in [2.75, 3.05) is 13.7 Å². The van der Waals surface area contributed by atoms with Crippen molar-refractivity contribution in [1.82, 2.24) is 30.1 Å². The number of rotatable bonds is 19. The maximum absolute atomic E-state index is 14.5. The summed E-state index contributed by atoms with van der Waals surface area (Å²) in [5.74, 6) is -0.679. The predicted octanol–water partition coefficient (Wildman–Crippen LogP) is 6.26. The molecule has 0 spiro atoms. The number of aryl methyl sites for hydroxylation is 2. The Balaban J connectivity index is 1.03. The molecule has 4 amide bonds. The number of hydrogen-bond donors (Lipinski definition) is 3. The second kappa shape index (κ2) is 19.6. The highest BCUT2D eigenvalue weighted by atomic mass is 32.2. The number of primary amides is 1. The smallest absolute Gasteiger partial charge is 0.274 e. The molecule has 4 N–H and O–H groups in total. The lowest BCUT2D eigenvalue weighted by atomic mass is 9.94. The fourth-order valence-corrected chi connectivity index (χ4v) is 10.8. The topological polar surface area (TPSA) is 226 Å². The van der Waals surface area contributed by atoms with E-state index in [1.807, 2.05) is 42.7 Å². The van der Waals surface area contributed by atoms with Crippen LogP contribution in [0.3, 0.4) is 0 Å². The van der Waals surface area contributed by atoms with Crippen LogP contribution in [0.4, 0.5) is 0 Å². The minimum atomic E-state index is -3.59. The number of fused-ring (bicyclic) bond motifs is 1. The molecule has 3 aromatic heterocycles. The molecule has 1 aliphatic heterocycles. The van der Waals surface area contributed by atoms with E-state index in [1.54, 1.807) is 14.0 Å². The summed E-state index contributed by atoms with van der Waals surface area (Å²) in [7, 11) is -1.99. The Morgan fingerprint density at radius 2 is 1.84 bits per heavy atom. The van der Waals surface area contributed by atoms with Gasteiger partial charge in [-0.1, -0.05) is 50.4 Å². The first-order chi connectivity index (χ1) is 30.1. The maximum Gasteiger partial charge on any atom is 0.274 e. The van der Waals surface area contributed by atoms with Crippen molar-refractivity contribution in [3.05, 3.63) is 64.5 Å². The number of ether oxygens (including phenoxy) is 2. The first kappa shape index (κ1) is 45.7. The SMILES string of the molecule is COc1ccc2c(O[C@@H]3C[C@@H](C(N)=O)N(C(=O)[C@H](CCCCC/C=C\[C@@H]4CCCC4C(=O)NS(=O)(=O)C4CC4)NC(=O)c4cc(C)on4)C3)cc(-c3nc(C(C)C)cs3)nc2c1C. The Kier molecular flexibility index (Phi) is 14.2. The number of nitrogens with zero attached hydrogens (tertiary/aromatic N) is 4. The second-order valence-corrected chi connectivity index (χ2v) is 20.1. The lowest BCUT2D eigenvalue weighted by molar-refractivity contribution is -0.139. The van der Waals surface area contributed by atoms with Gasteiger partial charge in [0.1, 0.15) is 46.1 Å². The third kappa shape index (κ3) is 10.7. The molecule has 2 aliphatic carbocycles. The number of aromatic nitrogens is 3. The van der Waals surface area contributed by atoms with Gasteiger partial charge in [0.2, 0.25) is 27.7 Å². The second-order valence-electron chi connectivity index (χ2n) is 17.2. The Hall–Kier alpha value is -5.36. The van der Waals surface area contributed by atoms with Gasteiger partial charge in [-0.3, -0.25) is 23.9 Å². The molecule has 2 saturated carbocycles. The summed E-state index contributed by atoms with van der Waals surface area (Å²) in [6, 6.07) is 5.06. The molecule has 3 aliphatic rings. The summed E-state index contributed by atoms with van der Waals surface area (Å²) in [4.78, 5) is 64.9. The molecule has 0 bridgehead atoms.